The minimum absolute atomic E-state index is 0.0221. The molecule has 0 spiro atoms. The summed E-state index contributed by atoms with van der Waals surface area (Å²) in [6.07, 6.45) is 0.379. The van der Waals surface area contributed by atoms with Crippen LogP contribution in [0.25, 0.3) is 0 Å². The Balaban J connectivity index is 3.56. The van der Waals surface area contributed by atoms with E-state index in [4.69, 9.17) is 14.2 Å². The van der Waals surface area contributed by atoms with E-state index >= 15 is 0 Å². The van der Waals surface area contributed by atoms with Crippen LogP contribution in [0.1, 0.15) is 87.6 Å². The molecule has 0 aliphatic carbocycles. The lowest BCUT2D eigenvalue weighted by Gasteiger charge is -2.33. The maximum Gasteiger partial charge on any atom is 0.364 e. The van der Waals surface area contributed by atoms with Crippen LogP contribution >= 0.6 is 0 Å². The van der Waals surface area contributed by atoms with Crippen LogP contribution in [0.15, 0.2) is 18.2 Å². The van der Waals surface area contributed by atoms with E-state index in [0.29, 0.717) is 12.0 Å². The van der Waals surface area contributed by atoms with Gasteiger partial charge in [-0.3, -0.25) is 19.7 Å². The molecule has 0 aliphatic rings. The average molecular weight is 522 g/mol. The van der Waals surface area contributed by atoms with Crippen molar-refractivity contribution in [3.05, 3.63) is 23.8 Å². The highest BCUT2D eigenvalue weighted by molar-refractivity contribution is 5.83. The summed E-state index contributed by atoms with van der Waals surface area (Å²) in [6.45, 7) is 17.5. The number of carboxylic acid groups (broad SMARTS) is 1. The minimum Gasteiger partial charge on any atom is -0.477 e. The molecule has 2 atom stereocenters. The molecule has 37 heavy (non-hydrogen) atoms. The second-order valence-electron chi connectivity index (χ2n) is 11.9. The van der Waals surface area contributed by atoms with Gasteiger partial charge in [-0.05, 0) is 78.5 Å². The van der Waals surface area contributed by atoms with E-state index < -0.39 is 40.4 Å². The van der Waals surface area contributed by atoms with Crippen molar-refractivity contribution in [2.45, 2.75) is 100 Å². The summed E-state index contributed by atoms with van der Waals surface area (Å²) in [5, 5.41) is 13.2. The number of rotatable bonds is 11. The highest BCUT2D eigenvalue weighted by Crippen LogP contribution is 2.34. The Bertz CT molecular complexity index is 987. The molecule has 0 amide bonds. The molecular formula is C28H43NO8. The first-order valence-electron chi connectivity index (χ1n) is 12.6. The van der Waals surface area contributed by atoms with Gasteiger partial charge < -0.3 is 19.3 Å². The third-order valence-corrected chi connectivity index (χ3v) is 5.39. The first-order valence-corrected chi connectivity index (χ1v) is 12.6. The van der Waals surface area contributed by atoms with E-state index in [1.807, 2.05) is 20.8 Å². The summed E-state index contributed by atoms with van der Waals surface area (Å²) < 4.78 is 16.7. The van der Waals surface area contributed by atoms with Gasteiger partial charge in [0.2, 0.25) is 0 Å². The van der Waals surface area contributed by atoms with Crippen LogP contribution in [0.3, 0.4) is 0 Å². The Kier molecular flexibility index (Phi) is 10.9. The molecule has 1 aromatic carbocycles. The number of hydrogen-bond donors (Lipinski definition) is 2. The molecule has 208 valence electrons. The van der Waals surface area contributed by atoms with Crippen LogP contribution in [-0.2, 0) is 30.3 Å². The van der Waals surface area contributed by atoms with Crippen molar-refractivity contribution in [3.8, 4) is 11.5 Å². The average Bonchev–Trinajstić information content (AvgIpc) is 2.72. The summed E-state index contributed by atoms with van der Waals surface area (Å²) in [5.41, 5.74) is -3.33. The van der Waals surface area contributed by atoms with Crippen molar-refractivity contribution < 1.29 is 38.5 Å². The largest absolute Gasteiger partial charge is 0.477 e. The Morgan fingerprint density at radius 2 is 1.41 bits per heavy atom. The zero-order chi connectivity index (χ0) is 28.8. The number of carboxylic acids is 1. The van der Waals surface area contributed by atoms with E-state index in [2.05, 4.69) is 5.32 Å². The van der Waals surface area contributed by atoms with Crippen LogP contribution in [0.5, 0.6) is 11.5 Å². The monoisotopic (exact) mass is 521 g/mol. The molecule has 0 aromatic heterocycles. The van der Waals surface area contributed by atoms with Gasteiger partial charge in [0.1, 0.15) is 0 Å². The smallest absolute Gasteiger partial charge is 0.364 e. The number of nitrogens with one attached hydrogen (secondary N) is 1. The third kappa shape index (κ3) is 9.80. The standard InChI is InChI=1S/C28H43NO8/c1-11-18(4)29-28(23(31)32,37-22(30)14-17(2)3)16-19-12-13-20(35-24(33)26(5,6)7)21(15-19)36-25(34)27(8,9)10/h12-13,15,17-18,29H,11,14,16H2,1-10H3,(H,31,32)/t18?,28-/m0/s1. The van der Waals surface area contributed by atoms with Crippen molar-refractivity contribution >= 4 is 23.9 Å². The van der Waals surface area contributed by atoms with Gasteiger partial charge in [0, 0.05) is 18.9 Å². The van der Waals surface area contributed by atoms with Gasteiger partial charge in [-0.25, -0.2) is 4.79 Å². The molecule has 0 saturated heterocycles. The van der Waals surface area contributed by atoms with Crippen molar-refractivity contribution in [1.29, 1.82) is 0 Å². The first kappa shape index (κ1) is 32.1. The molecule has 0 radical (unpaired) electrons. The van der Waals surface area contributed by atoms with E-state index in [9.17, 15) is 24.3 Å². The highest BCUT2D eigenvalue weighted by atomic mass is 16.6. The second-order valence-corrected chi connectivity index (χ2v) is 11.9. The summed E-state index contributed by atoms with van der Waals surface area (Å²) >= 11 is 0. The van der Waals surface area contributed by atoms with Gasteiger partial charge in [0.25, 0.3) is 5.72 Å². The van der Waals surface area contributed by atoms with Gasteiger partial charge in [-0.15, -0.1) is 0 Å². The lowest BCUT2D eigenvalue weighted by molar-refractivity contribution is -0.185. The van der Waals surface area contributed by atoms with E-state index in [0.717, 1.165) is 0 Å². The Hall–Kier alpha value is -2.94. The van der Waals surface area contributed by atoms with Crippen molar-refractivity contribution in [1.82, 2.24) is 5.32 Å². The first-order chi connectivity index (χ1) is 16.8. The Labute approximate surface area is 220 Å². The number of carbonyl (C=O) groups excluding carboxylic acids is 3. The number of hydrogen-bond acceptors (Lipinski definition) is 8. The lowest BCUT2D eigenvalue weighted by atomic mass is 9.97. The summed E-state index contributed by atoms with van der Waals surface area (Å²) in [6, 6.07) is 4.14. The zero-order valence-electron chi connectivity index (χ0n) is 23.8. The topological polar surface area (TPSA) is 128 Å². The number of esters is 3. The molecule has 9 nitrogen and oxygen atoms in total. The molecule has 0 saturated carbocycles. The van der Waals surface area contributed by atoms with Crippen LogP contribution in [0.4, 0.5) is 0 Å². The van der Waals surface area contributed by atoms with Gasteiger partial charge in [0.05, 0.1) is 10.8 Å². The van der Waals surface area contributed by atoms with Crippen molar-refractivity contribution in [2.75, 3.05) is 0 Å². The van der Waals surface area contributed by atoms with Crippen LogP contribution in [0, 0.1) is 16.7 Å². The summed E-state index contributed by atoms with van der Waals surface area (Å²) in [7, 11) is 0. The molecular weight excluding hydrogens is 478 g/mol. The number of carbonyl (C=O) groups is 4. The fraction of sp³-hybridized carbons (Fsp3) is 0.643. The fourth-order valence-electron chi connectivity index (χ4n) is 2.99. The van der Waals surface area contributed by atoms with Crippen molar-refractivity contribution in [2.24, 2.45) is 16.7 Å². The van der Waals surface area contributed by atoms with E-state index in [1.165, 1.54) is 12.1 Å². The van der Waals surface area contributed by atoms with Gasteiger partial charge in [-0.2, -0.15) is 0 Å². The summed E-state index contributed by atoms with van der Waals surface area (Å²) in [4.78, 5) is 50.3. The summed E-state index contributed by atoms with van der Waals surface area (Å²) in [5.74, 6) is -3.15. The molecule has 0 aliphatic heterocycles. The molecule has 9 heteroatoms. The Morgan fingerprint density at radius 1 is 0.892 bits per heavy atom. The third-order valence-electron chi connectivity index (χ3n) is 5.39. The molecule has 1 unspecified atom stereocenters. The molecule has 2 N–H and O–H groups in total. The predicted molar refractivity (Wildman–Crippen MR) is 139 cm³/mol. The molecule has 0 fully saturated rings. The number of aliphatic carboxylic acids is 1. The fourth-order valence-corrected chi connectivity index (χ4v) is 2.99. The van der Waals surface area contributed by atoms with Gasteiger partial charge in [-0.1, -0.05) is 26.8 Å². The Morgan fingerprint density at radius 3 is 1.84 bits per heavy atom. The minimum atomic E-state index is -2.06. The van der Waals surface area contributed by atoms with E-state index in [1.54, 1.807) is 54.5 Å². The normalized spacial score (nSPS) is 14.5. The van der Waals surface area contributed by atoms with Crippen LogP contribution in [0.2, 0.25) is 0 Å². The van der Waals surface area contributed by atoms with Crippen LogP contribution in [-0.4, -0.2) is 40.8 Å². The van der Waals surface area contributed by atoms with Crippen molar-refractivity contribution in [3.63, 3.8) is 0 Å². The highest BCUT2D eigenvalue weighted by Gasteiger charge is 2.44. The quantitative estimate of drug-likeness (QED) is 0.237. The molecule has 0 bridgehead atoms. The van der Waals surface area contributed by atoms with E-state index in [-0.39, 0.29) is 36.3 Å². The van der Waals surface area contributed by atoms with Crippen LogP contribution < -0.4 is 14.8 Å². The second kappa shape index (κ2) is 12.5. The maximum atomic E-state index is 12.7. The van der Waals surface area contributed by atoms with Gasteiger partial charge in [0.15, 0.2) is 11.5 Å². The lowest BCUT2D eigenvalue weighted by Crippen LogP contribution is -2.59. The maximum absolute atomic E-state index is 12.7. The number of benzene rings is 1. The number of ether oxygens (including phenoxy) is 3. The molecule has 1 aromatic rings. The predicted octanol–water partition coefficient (Wildman–Crippen LogP) is 4.89. The van der Waals surface area contributed by atoms with Gasteiger partial charge >= 0.3 is 23.9 Å². The molecule has 0 heterocycles. The SMILES string of the molecule is CCC(C)N[C@@](Cc1ccc(OC(=O)C(C)(C)C)c(OC(=O)C(C)(C)C)c1)(OC(=O)CC(C)C)C(=O)O. The molecule has 1 rings (SSSR count). The zero-order valence-corrected chi connectivity index (χ0v) is 23.8.